The molecule has 5 fully saturated rings. The molecular formula is C29H34O13. The number of hydrogen-bond acceptors (Lipinski definition) is 13. The van der Waals surface area contributed by atoms with Gasteiger partial charge in [0.25, 0.3) is 0 Å². The number of furan rings is 1. The minimum absolute atomic E-state index is 0.346. The molecule has 0 amide bonds. The van der Waals surface area contributed by atoms with Crippen LogP contribution < -0.4 is 0 Å². The van der Waals surface area contributed by atoms with Crippen molar-refractivity contribution >= 4 is 23.7 Å². The van der Waals surface area contributed by atoms with Crippen LogP contribution in [0.15, 0.2) is 35.2 Å². The molecule has 3 N–H and O–H groups in total. The van der Waals surface area contributed by atoms with E-state index in [0.29, 0.717) is 5.56 Å². The number of esters is 3. The summed E-state index contributed by atoms with van der Waals surface area (Å²) in [7, 11) is 1.13. The van der Waals surface area contributed by atoms with Gasteiger partial charge in [0, 0.05) is 29.9 Å². The Bertz CT molecular complexity index is 1430. The molecule has 13 heteroatoms. The molecule has 42 heavy (non-hydrogen) atoms. The number of aliphatic hydroxyl groups excluding tert-OH is 1. The molecule has 5 aliphatic rings. The van der Waals surface area contributed by atoms with Crippen LogP contribution in [0.25, 0.3) is 0 Å². The van der Waals surface area contributed by atoms with Gasteiger partial charge in [-0.3, -0.25) is 9.59 Å². The summed E-state index contributed by atoms with van der Waals surface area (Å²) in [5, 5.41) is 37.7. The van der Waals surface area contributed by atoms with Gasteiger partial charge in [-0.05, 0) is 19.9 Å². The van der Waals surface area contributed by atoms with Crippen molar-refractivity contribution in [3.05, 3.63) is 36.3 Å². The molecule has 228 valence electrons. The van der Waals surface area contributed by atoms with Crippen molar-refractivity contribution in [1.29, 1.82) is 0 Å². The number of Topliss-reactive ketones (excluding diaryl/α,β-unsaturated/α-hetero) is 1. The molecule has 2 saturated carbocycles. The SMILES string of the molecule is COC(=O)/C=C\[C@]1(C)C2[C@@H](OC(C)=O)[C@@H](O)[C@@]3(C)[C@H](c4ccoc4)OC(=O)C4O[C@]43[C@]2(C)[C@]2(O)OC(C)(C)C(=O)[C@@]21O. The smallest absolute Gasteiger partial charge is 0.339 e. The lowest BCUT2D eigenvalue weighted by atomic mass is 9.43. The fourth-order valence-electron chi connectivity index (χ4n) is 9.18. The van der Waals surface area contributed by atoms with Crippen LogP contribution in [0.5, 0.6) is 0 Å². The fraction of sp³-hybridized carbons (Fsp3) is 0.655. The van der Waals surface area contributed by atoms with Gasteiger partial charge >= 0.3 is 17.9 Å². The summed E-state index contributed by atoms with van der Waals surface area (Å²) in [6.07, 6.45) is -0.996. The molecular weight excluding hydrogens is 556 g/mol. The molecule has 13 nitrogen and oxygen atoms in total. The summed E-state index contributed by atoms with van der Waals surface area (Å²) in [5.41, 5.74) is -11.7. The van der Waals surface area contributed by atoms with E-state index in [1.807, 2.05) is 0 Å². The van der Waals surface area contributed by atoms with Gasteiger partial charge in [0.15, 0.2) is 11.7 Å². The minimum atomic E-state index is -2.81. The predicted octanol–water partition coefficient (Wildman–Crippen LogP) is 0.497. The molecule has 2 aliphatic carbocycles. The zero-order chi connectivity index (χ0) is 31.1. The highest BCUT2D eigenvalue weighted by Crippen LogP contribution is 2.84. The number of ketones is 1. The van der Waals surface area contributed by atoms with Gasteiger partial charge in [-0.1, -0.05) is 26.8 Å². The molecule has 6 rings (SSSR count). The van der Waals surface area contributed by atoms with Gasteiger partial charge in [-0.15, -0.1) is 0 Å². The zero-order valence-corrected chi connectivity index (χ0v) is 24.2. The van der Waals surface area contributed by atoms with Crippen molar-refractivity contribution in [2.45, 2.75) is 88.5 Å². The van der Waals surface area contributed by atoms with Crippen molar-refractivity contribution in [1.82, 2.24) is 0 Å². The predicted molar refractivity (Wildman–Crippen MR) is 136 cm³/mol. The first-order valence-corrected chi connectivity index (χ1v) is 13.6. The fourth-order valence-corrected chi connectivity index (χ4v) is 9.18. The van der Waals surface area contributed by atoms with Gasteiger partial charge in [-0.25, -0.2) is 9.59 Å². The second-order valence-corrected chi connectivity index (χ2v) is 13.0. The van der Waals surface area contributed by atoms with Crippen molar-refractivity contribution in [3.8, 4) is 0 Å². The second kappa shape index (κ2) is 8.08. The number of hydrogen-bond donors (Lipinski definition) is 3. The van der Waals surface area contributed by atoms with E-state index in [1.165, 1.54) is 52.4 Å². The Kier molecular flexibility index (Phi) is 5.58. The molecule has 4 heterocycles. The molecule has 3 aliphatic heterocycles. The zero-order valence-electron chi connectivity index (χ0n) is 24.2. The Labute approximate surface area is 240 Å². The van der Waals surface area contributed by atoms with E-state index in [-0.39, 0.29) is 0 Å². The van der Waals surface area contributed by atoms with Crippen molar-refractivity contribution < 1.29 is 62.6 Å². The third kappa shape index (κ3) is 2.73. The van der Waals surface area contributed by atoms with Crippen molar-refractivity contribution in [2.75, 3.05) is 7.11 Å². The Morgan fingerprint density at radius 2 is 1.74 bits per heavy atom. The highest BCUT2D eigenvalue weighted by atomic mass is 16.7. The van der Waals surface area contributed by atoms with E-state index < -0.39 is 92.9 Å². The average Bonchev–Trinajstić information content (AvgIpc) is 3.41. The number of aliphatic hydroxyl groups is 3. The summed E-state index contributed by atoms with van der Waals surface area (Å²) in [4.78, 5) is 52.5. The summed E-state index contributed by atoms with van der Waals surface area (Å²) in [6.45, 7) is 8.29. The van der Waals surface area contributed by atoms with Gasteiger partial charge in [0.1, 0.15) is 29.5 Å². The lowest BCUT2D eigenvalue weighted by molar-refractivity contribution is -0.356. The molecule has 1 aromatic heterocycles. The van der Waals surface area contributed by atoms with Crippen LogP contribution in [0.4, 0.5) is 0 Å². The van der Waals surface area contributed by atoms with E-state index in [0.717, 1.165) is 20.1 Å². The molecule has 0 radical (unpaired) electrons. The Morgan fingerprint density at radius 1 is 1.07 bits per heavy atom. The van der Waals surface area contributed by atoms with Crippen molar-refractivity contribution in [2.24, 2.45) is 22.2 Å². The molecule has 0 bridgehead atoms. The maximum absolute atomic E-state index is 14.1. The number of rotatable bonds is 4. The summed E-state index contributed by atoms with van der Waals surface area (Å²) in [5.74, 6) is -7.59. The number of carbonyl (C=O) groups is 4. The number of epoxide rings is 1. The maximum atomic E-state index is 14.1. The third-order valence-corrected chi connectivity index (χ3v) is 10.9. The maximum Gasteiger partial charge on any atom is 0.339 e. The highest BCUT2D eigenvalue weighted by Gasteiger charge is 3.01. The van der Waals surface area contributed by atoms with Gasteiger partial charge in [0.2, 0.25) is 11.6 Å². The summed E-state index contributed by atoms with van der Waals surface area (Å²) in [6, 6.07) is 1.53. The topological polar surface area (TPSA) is 192 Å². The van der Waals surface area contributed by atoms with E-state index >= 15 is 0 Å². The number of carbonyl (C=O) groups excluding carboxylic acids is 4. The molecule has 11 atom stereocenters. The quantitative estimate of drug-likeness (QED) is 0.190. The summed E-state index contributed by atoms with van der Waals surface area (Å²) < 4.78 is 33.9. The standard InChI is InChI=1S/C29H34O13/c1-13(30)39-16-17-24(4,10-8-15(31)37-7)27(35)22(34)23(2,3)42-29(27,36)26(17,6)28-20(41-28)21(33)40-19(14-9-11-38-12-14)25(28,5)18(16)32/h8-12,16-20,32,35-36H,1-7H3/b10-8-/t16-,17?,18-,19+,20?,24-,25+,26-,27+,28-,29+/m1/s1. The monoisotopic (exact) mass is 590 g/mol. The van der Waals surface area contributed by atoms with E-state index in [1.54, 1.807) is 6.92 Å². The normalized spacial score (nSPS) is 49.9. The van der Waals surface area contributed by atoms with E-state index in [2.05, 4.69) is 0 Å². The van der Waals surface area contributed by atoms with Gasteiger partial charge in [0.05, 0.1) is 30.5 Å². The first kappa shape index (κ1) is 29.0. The first-order chi connectivity index (χ1) is 19.4. The largest absolute Gasteiger partial charge is 0.472 e. The molecule has 0 aromatic carbocycles. The van der Waals surface area contributed by atoms with E-state index in [9.17, 15) is 34.5 Å². The van der Waals surface area contributed by atoms with Crippen LogP contribution in [-0.4, -0.2) is 87.0 Å². The Hall–Kier alpha value is -3.10. The highest BCUT2D eigenvalue weighted by molar-refractivity contribution is 6.00. The Morgan fingerprint density at radius 3 is 2.31 bits per heavy atom. The third-order valence-electron chi connectivity index (χ3n) is 10.9. The van der Waals surface area contributed by atoms with Crippen LogP contribution in [0.2, 0.25) is 0 Å². The summed E-state index contributed by atoms with van der Waals surface area (Å²) >= 11 is 0. The molecule has 1 aromatic rings. The van der Waals surface area contributed by atoms with Crippen LogP contribution in [-0.2, 0) is 42.9 Å². The van der Waals surface area contributed by atoms with Crippen molar-refractivity contribution in [3.63, 3.8) is 0 Å². The van der Waals surface area contributed by atoms with Gasteiger partial charge < -0.3 is 43.4 Å². The number of ether oxygens (including phenoxy) is 5. The molecule has 1 spiro atoms. The molecule has 2 unspecified atom stereocenters. The van der Waals surface area contributed by atoms with E-state index in [4.69, 9.17) is 28.1 Å². The second-order valence-electron chi connectivity index (χ2n) is 13.0. The average molecular weight is 591 g/mol. The lowest BCUT2D eigenvalue weighted by Crippen LogP contribution is -2.77. The minimum Gasteiger partial charge on any atom is -0.472 e. The lowest BCUT2D eigenvalue weighted by Gasteiger charge is -2.63. The number of methoxy groups -OCH3 is 1. The van der Waals surface area contributed by atoms with Crippen LogP contribution in [0, 0.1) is 22.2 Å². The first-order valence-electron chi connectivity index (χ1n) is 13.6. The number of cyclic esters (lactones) is 1. The number of fused-ring (bicyclic) bond motifs is 3. The molecule has 3 saturated heterocycles. The van der Waals surface area contributed by atoms with Gasteiger partial charge in [-0.2, -0.15) is 0 Å². The van der Waals surface area contributed by atoms with Crippen LogP contribution in [0.1, 0.15) is 53.2 Å². The van der Waals surface area contributed by atoms with Crippen LogP contribution >= 0.6 is 0 Å². The van der Waals surface area contributed by atoms with Crippen LogP contribution in [0.3, 0.4) is 0 Å². The Balaban J connectivity index is 1.72.